The van der Waals surface area contributed by atoms with Crippen molar-refractivity contribution in [3.05, 3.63) is 29.5 Å². The second-order valence-electron chi connectivity index (χ2n) is 5.30. The van der Waals surface area contributed by atoms with Gasteiger partial charge in [-0.25, -0.2) is 0 Å². The van der Waals surface area contributed by atoms with Crippen molar-refractivity contribution in [3.63, 3.8) is 0 Å². The van der Waals surface area contributed by atoms with E-state index in [9.17, 15) is 0 Å². The molecule has 0 saturated heterocycles. The summed E-state index contributed by atoms with van der Waals surface area (Å²) in [6, 6.07) is 6.22. The zero-order valence-corrected chi connectivity index (χ0v) is 12.3. The maximum Gasteiger partial charge on any atom is 0.120 e. The normalized spacial score (nSPS) is 13.5. The van der Waals surface area contributed by atoms with Crippen molar-refractivity contribution >= 4 is 16.6 Å². The average Bonchev–Trinajstić information content (AvgIpc) is 2.92. The van der Waals surface area contributed by atoms with Gasteiger partial charge >= 0.3 is 0 Å². The molecule has 0 unspecified atom stereocenters. The number of pyridine rings is 1. The first-order chi connectivity index (χ1) is 9.83. The van der Waals surface area contributed by atoms with Crippen molar-refractivity contribution in [1.82, 2.24) is 4.98 Å². The van der Waals surface area contributed by atoms with Gasteiger partial charge in [0, 0.05) is 23.3 Å². The van der Waals surface area contributed by atoms with Gasteiger partial charge in [-0.05, 0) is 56.4 Å². The number of aryl methyl sites for hydroxylation is 1. The first-order valence-corrected chi connectivity index (χ1v) is 7.65. The molecule has 1 aliphatic carbocycles. The van der Waals surface area contributed by atoms with Crippen LogP contribution in [0, 0.1) is 0 Å². The number of benzene rings is 1. The lowest BCUT2D eigenvalue weighted by Gasteiger charge is -2.15. The predicted octanol–water partition coefficient (Wildman–Crippen LogP) is 3.94. The van der Waals surface area contributed by atoms with Crippen LogP contribution >= 0.6 is 0 Å². The van der Waals surface area contributed by atoms with E-state index in [1.54, 1.807) is 0 Å². The molecule has 1 aromatic carbocycles. The Morgan fingerprint density at radius 2 is 2.15 bits per heavy atom. The molecular weight excluding hydrogens is 248 g/mol. The highest BCUT2D eigenvalue weighted by molar-refractivity contribution is 5.94. The van der Waals surface area contributed by atoms with Crippen molar-refractivity contribution in [2.24, 2.45) is 0 Å². The van der Waals surface area contributed by atoms with Crippen LogP contribution in [0.25, 0.3) is 10.9 Å². The van der Waals surface area contributed by atoms with Gasteiger partial charge in [-0.3, -0.25) is 4.98 Å². The smallest absolute Gasteiger partial charge is 0.120 e. The largest absolute Gasteiger partial charge is 0.494 e. The summed E-state index contributed by atoms with van der Waals surface area (Å²) >= 11 is 0. The standard InChI is InChI=1S/C17H22N2O/c1-3-10-18-17-13-6-5-7-15(13)19-16-9-8-12(20-4-2)11-14(16)17/h8-9,11H,3-7,10H2,1-2H3,(H,18,19). The van der Waals surface area contributed by atoms with Gasteiger partial charge in [0.05, 0.1) is 12.1 Å². The summed E-state index contributed by atoms with van der Waals surface area (Å²) in [6.07, 6.45) is 4.60. The van der Waals surface area contributed by atoms with Gasteiger partial charge < -0.3 is 10.1 Å². The lowest BCUT2D eigenvalue weighted by molar-refractivity contribution is 0.340. The van der Waals surface area contributed by atoms with Gasteiger partial charge in [0.1, 0.15) is 5.75 Å². The SMILES string of the molecule is CCCNc1c2c(nc3ccc(OCC)cc13)CCC2. The summed E-state index contributed by atoms with van der Waals surface area (Å²) in [7, 11) is 0. The van der Waals surface area contributed by atoms with Crippen molar-refractivity contribution in [2.45, 2.75) is 39.5 Å². The minimum Gasteiger partial charge on any atom is -0.494 e. The Kier molecular flexibility index (Phi) is 3.77. The second kappa shape index (κ2) is 5.70. The fraction of sp³-hybridized carbons (Fsp3) is 0.471. The van der Waals surface area contributed by atoms with Gasteiger partial charge in [0.2, 0.25) is 0 Å². The Labute approximate surface area is 120 Å². The molecule has 0 amide bonds. The molecule has 20 heavy (non-hydrogen) atoms. The molecule has 0 atom stereocenters. The first-order valence-electron chi connectivity index (χ1n) is 7.65. The molecule has 3 heteroatoms. The molecule has 0 bridgehead atoms. The summed E-state index contributed by atoms with van der Waals surface area (Å²) < 4.78 is 5.64. The van der Waals surface area contributed by atoms with E-state index in [-0.39, 0.29) is 0 Å². The van der Waals surface area contributed by atoms with Gasteiger partial charge in [0.15, 0.2) is 0 Å². The van der Waals surface area contributed by atoms with Crippen LogP contribution in [0.3, 0.4) is 0 Å². The third kappa shape index (κ3) is 2.33. The zero-order valence-electron chi connectivity index (χ0n) is 12.3. The van der Waals surface area contributed by atoms with Crippen LogP contribution in [-0.2, 0) is 12.8 Å². The number of nitrogens with zero attached hydrogens (tertiary/aromatic N) is 1. The number of nitrogens with one attached hydrogen (secondary N) is 1. The molecule has 0 fully saturated rings. The molecule has 3 nitrogen and oxygen atoms in total. The Hall–Kier alpha value is -1.77. The summed E-state index contributed by atoms with van der Waals surface area (Å²) in [4.78, 5) is 4.83. The fourth-order valence-electron chi connectivity index (χ4n) is 2.95. The molecule has 106 valence electrons. The van der Waals surface area contributed by atoms with Crippen LogP contribution in [0.15, 0.2) is 18.2 Å². The molecule has 0 radical (unpaired) electrons. The molecule has 1 aromatic heterocycles. The number of anilines is 1. The zero-order chi connectivity index (χ0) is 13.9. The monoisotopic (exact) mass is 270 g/mol. The lowest BCUT2D eigenvalue weighted by Crippen LogP contribution is -2.05. The van der Waals surface area contributed by atoms with Crippen LogP contribution in [0.1, 0.15) is 37.9 Å². The minimum absolute atomic E-state index is 0.696. The van der Waals surface area contributed by atoms with E-state index < -0.39 is 0 Å². The number of ether oxygens (including phenoxy) is 1. The maximum atomic E-state index is 5.64. The number of hydrogen-bond acceptors (Lipinski definition) is 3. The van der Waals surface area contributed by atoms with E-state index in [2.05, 4.69) is 24.4 Å². The van der Waals surface area contributed by atoms with Gasteiger partial charge in [0.25, 0.3) is 0 Å². The van der Waals surface area contributed by atoms with Crippen molar-refractivity contribution < 1.29 is 4.74 Å². The average molecular weight is 270 g/mol. The topological polar surface area (TPSA) is 34.2 Å². The number of fused-ring (bicyclic) bond motifs is 2. The van der Waals surface area contributed by atoms with E-state index in [0.29, 0.717) is 6.61 Å². The molecule has 1 N–H and O–H groups in total. The fourth-order valence-corrected chi connectivity index (χ4v) is 2.95. The highest BCUT2D eigenvalue weighted by Gasteiger charge is 2.19. The molecule has 0 spiro atoms. The van der Waals surface area contributed by atoms with Gasteiger partial charge in [-0.2, -0.15) is 0 Å². The van der Waals surface area contributed by atoms with Gasteiger partial charge in [-0.1, -0.05) is 6.92 Å². The minimum atomic E-state index is 0.696. The highest BCUT2D eigenvalue weighted by atomic mass is 16.5. The second-order valence-corrected chi connectivity index (χ2v) is 5.30. The third-order valence-corrected chi connectivity index (χ3v) is 3.85. The van der Waals surface area contributed by atoms with Crippen LogP contribution in [-0.4, -0.2) is 18.1 Å². The molecule has 1 heterocycles. The van der Waals surface area contributed by atoms with E-state index >= 15 is 0 Å². The molecule has 1 aliphatic rings. The molecular formula is C17H22N2O. The molecule has 0 saturated carbocycles. The van der Waals surface area contributed by atoms with E-state index in [4.69, 9.17) is 9.72 Å². The van der Waals surface area contributed by atoms with E-state index in [1.165, 1.54) is 28.8 Å². The summed E-state index contributed by atoms with van der Waals surface area (Å²) in [5.41, 5.74) is 5.05. The van der Waals surface area contributed by atoms with E-state index in [1.807, 2.05) is 13.0 Å². The number of hydrogen-bond donors (Lipinski definition) is 1. The molecule has 2 aromatic rings. The van der Waals surface area contributed by atoms with Crippen LogP contribution in [0.2, 0.25) is 0 Å². The summed E-state index contributed by atoms with van der Waals surface area (Å²) in [6.45, 7) is 5.91. The van der Waals surface area contributed by atoms with Crippen LogP contribution in [0.4, 0.5) is 5.69 Å². The molecule has 0 aliphatic heterocycles. The Bertz CT molecular complexity index is 622. The number of rotatable bonds is 5. The lowest BCUT2D eigenvalue weighted by atomic mass is 10.1. The highest BCUT2D eigenvalue weighted by Crippen LogP contribution is 2.35. The van der Waals surface area contributed by atoms with Crippen molar-refractivity contribution in [3.8, 4) is 5.75 Å². The summed E-state index contributed by atoms with van der Waals surface area (Å²) in [5, 5.41) is 4.81. The van der Waals surface area contributed by atoms with Crippen molar-refractivity contribution in [2.75, 3.05) is 18.5 Å². The van der Waals surface area contributed by atoms with Gasteiger partial charge in [-0.15, -0.1) is 0 Å². The van der Waals surface area contributed by atoms with E-state index in [0.717, 1.165) is 37.1 Å². The van der Waals surface area contributed by atoms with Crippen molar-refractivity contribution in [1.29, 1.82) is 0 Å². The number of aromatic nitrogens is 1. The summed E-state index contributed by atoms with van der Waals surface area (Å²) in [5.74, 6) is 0.930. The Morgan fingerprint density at radius 1 is 1.25 bits per heavy atom. The Morgan fingerprint density at radius 3 is 2.95 bits per heavy atom. The quantitative estimate of drug-likeness (QED) is 0.893. The predicted molar refractivity (Wildman–Crippen MR) is 83.7 cm³/mol. The Balaban J connectivity index is 2.14. The van der Waals surface area contributed by atoms with Crippen LogP contribution < -0.4 is 10.1 Å². The van der Waals surface area contributed by atoms with Crippen LogP contribution in [0.5, 0.6) is 5.75 Å². The maximum absolute atomic E-state index is 5.64. The first kappa shape index (κ1) is 13.2. The third-order valence-electron chi connectivity index (χ3n) is 3.85. The molecule has 3 rings (SSSR count).